The van der Waals surface area contributed by atoms with Crippen molar-refractivity contribution in [3.05, 3.63) is 0 Å². The van der Waals surface area contributed by atoms with Crippen LogP contribution in [-0.4, -0.2) is 23.4 Å². The monoisotopic (exact) mass is 310 g/mol. The second-order valence-electron chi connectivity index (χ2n) is 7.97. The molecule has 2 rings (SSSR count). The zero-order valence-corrected chi connectivity index (χ0v) is 14.6. The Bertz CT molecular complexity index is 281. The summed E-state index contributed by atoms with van der Waals surface area (Å²) in [6.07, 6.45) is 19.4. The molecule has 0 aliphatic heterocycles. The van der Waals surface area contributed by atoms with Crippen molar-refractivity contribution in [2.45, 2.75) is 96.3 Å². The summed E-state index contributed by atoms with van der Waals surface area (Å²) in [5.74, 6) is 0.951. The molecule has 0 radical (unpaired) electrons. The van der Waals surface area contributed by atoms with Gasteiger partial charge in [0.05, 0.1) is 0 Å². The molecule has 0 saturated heterocycles. The van der Waals surface area contributed by atoms with Crippen molar-refractivity contribution in [3.8, 4) is 0 Å². The fourth-order valence-electron chi connectivity index (χ4n) is 5.22. The highest BCUT2D eigenvalue weighted by atomic mass is 16.3. The van der Waals surface area contributed by atoms with Crippen LogP contribution in [0.3, 0.4) is 0 Å². The molecule has 0 aromatic carbocycles. The fourth-order valence-corrected chi connectivity index (χ4v) is 5.22. The van der Waals surface area contributed by atoms with Crippen molar-refractivity contribution < 1.29 is 10.2 Å². The van der Waals surface area contributed by atoms with E-state index in [-0.39, 0.29) is 12.0 Å². The van der Waals surface area contributed by atoms with Gasteiger partial charge in [-0.05, 0) is 37.5 Å². The maximum absolute atomic E-state index is 10.4. The van der Waals surface area contributed by atoms with Crippen LogP contribution >= 0.6 is 0 Å². The first-order chi connectivity index (χ1) is 10.8. The molecule has 0 amide bonds. The van der Waals surface area contributed by atoms with Gasteiger partial charge in [0.15, 0.2) is 0 Å². The van der Waals surface area contributed by atoms with Gasteiger partial charge in [0, 0.05) is 18.6 Å². The number of rotatable bonds is 3. The molecule has 2 nitrogen and oxygen atoms in total. The lowest BCUT2D eigenvalue weighted by Gasteiger charge is -2.45. The van der Waals surface area contributed by atoms with Gasteiger partial charge in [0.25, 0.3) is 0 Å². The smallest absolute Gasteiger partial charge is 0.0493 e. The lowest BCUT2D eigenvalue weighted by atomic mass is 9.61. The molecule has 2 fully saturated rings. The lowest BCUT2D eigenvalue weighted by Crippen LogP contribution is -2.43. The van der Waals surface area contributed by atoms with Crippen LogP contribution in [0.15, 0.2) is 0 Å². The Morgan fingerprint density at radius 1 is 0.636 bits per heavy atom. The van der Waals surface area contributed by atoms with Gasteiger partial charge in [-0.1, -0.05) is 70.6 Å². The van der Waals surface area contributed by atoms with E-state index in [9.17, 15) is 10.2 Å². The Labute approximate surface area is 137 Å². The second kappa shape index (κ2) is 9.93. The van der Waals surface area contributed by atoms with Gasteiger partial charge in [-0.2, -0.15) is 0 Å². The Morgan fingerprint density at radius 3 is 1.68 bits per heavy atom. The Hall–Kier alpha value is -0.0800. The fraction of sp³-hybridized carbons (Fsp3) is 1.00. The summed E-state index contributed by atoms with van der Waals surface area (Å²) in [6.45, 7) is 0.569. The molecule has 2 saturated carbocycles. The minimum atomic E-state index is 0.00340. The first-order valence-corrected chi connectivity index (χ1v) is 10.0. The van der Waals surface area contributed by atoms with Gasteiger partial charge < -0.3 is 10.2 Å². The Balaban J connectivity index is 2.17. The number of aliphatic hydroxyl groups is 2. The molecule has 2 unspecified atom stereocenters. The van der Waals surface area contributed by atoms with Crippen molar-refractivity contribution >= 4 is 0 Å². The van der Waals surface area contributed by atoms with Gasteiger partial charge in [-0.3, -0.25) is 0 Å². The molecule has 0 spiro atoms. The number of hydrogen-bond donors (Lipinski definition) is 2. The normalized spacial score (nSPS) is 33.8. The van der Waals surface area contributed by atoms with Gasteiger partial charge in [-0.25, -0.2) is 0 Å². The van der Waals surface area contributed by atoms with E-state index in [1.54, 1.807) is 0 Å². The van der Waals surface area contributed by atoms with Gasteiger partial charge >= 0.3 is 0 Å². The Kier molecular flexibility index (Phi) is 8.24. The first kappa shape index (κ1) is 18.3. The summed E-state index contributed by atoms with van der Waals surface area (Å²) >= 11 is 0. The molecule has 130 valence electrons. The predicted octanol–water partition coefficient (Wildman–Crippen LogP) is 5.07. The summed E-state index contributed by atoms with van der Waals surface area (Å²) in [6, 6.07) is 0. The highest BCUT2D eigenvalue weighted by molar-refractivity contribution is 4.92. The van der Waals surface area contributed by atoms with E-state index in [0.717, 1.165) is 12.8 Å². The number of hydrogen-bond acceptors (Lipinski definition) is 2. The van der Waals surface area contributed by atoms with Crippen LogP contribution in [0.4, 0.5) is 0 Å². The van der Waals surface area contributed by atoms with Crippen LogP contribution in [0.5, 0.6) is 0 Å². The molecule has 0 aromatic heterocycles. The standard InChI is InChI=1S/C20H38O2/c21-16-19-14-10-6-3-7-11-15-20(19,17-22)18-12-8-4-1-2-5-9-13-18/h18-19,21-22H,1-17H2. The van der Waals surface area contributed by atoms with E-state index in [1.165, 1.54) is 83.5 Å². The maximum atomic E-state index is 10.4. The third-order valence-corrected chi connectivity index (χ3v) is 6.69. The molecule has 0 heterocycles. The van der Waals surface area contributed by atoms with Gasteiger partial charge in [-0.15, -0.1) is 0 Å². The molecule has 2 aliphatic rings. The van der Waals surface area contributed by atoms with E-state index in [2.05, 4.69) is 0 Å². The van der Waals surface area contributed by atoms with Crippen molar-refractivity contribution in [3.63, 3.8) is 0 Å². The average molecular weight is 311 g/mol. The molecule has 2 atom stereocenters. The predicted molar refractivity (Wildman–Crippen MR) is 92.8 cm³/mol. The summed E-state index contributed by atoms with van der Waals surface area (Å²) in [5.41, 5.74) is 0.00340. The summed E-state index contributed by atoms with van der Waals surface area (Å²) < 4.78 is 0. The third kappa shape index (κ3) is 4.71. The minimum absolute atomic E-state index is 0.00340. The molecule has 22 heavy (non-hydrogen) atoms. The van der Waals surface area contributed by atoms with E-state index < -0.39 is 0 Å². The molecule has 2 heteroatoms. The van der Waals surface area contributed by atoms with Crippen LogP contribution in [0.2, 0.25) is 0 Å². The summed E-state index contributed by atoms with van der Waals surface area (Å²) in [4.78, 5) is 0. The summed E-state index contributed by atoms with van der Waals surface area (Å²) in [5, 5.41) is 20.5. The van der Waals surface area contributed by atoms with E-state index in [4.69, 9.17) is 0 Å². The second-order valence-corrected chi connectivity index (χ2v) is 7.97. The topological polar surface area (TPSA) is 40.5 Å². The zero-order valence-electron chi connectivity index (χ0n) is 14.6. The zero-order chi connectivity index (χ0) is 15.7. The molecule has 0 bridgehead atoms. The maximum Gasteiger partial charge on any atom is 0.0493 e. The van der Waals surface area contributed by atoms with Crippen molar-refractivity contribution in [2.75, 3.05) is 13.2 Å². The van der Waals surface area contributed by atoms with Gasteiger partial charge in [0.2, 0.25) is 0 Å². The van der Waals surface area contributed by atoms with Crippen LogP contribution in [-0.2, 0) is 0 Å². The van der Waals surface area contributed by atoms with E-state index >= 15 is 0 Å². The summed E-state index contributed by atoms with van der Waals surface area (Å²) in [7, 11) is 0. The van der Waals surface area contributed by atoms with Crippen LogP contribution < -0.4 is 0 Å². The van der Waals surface area contributed by atoms with Crippen molar-refractivity contribution in [2.24, 2.45) is 17.3 Å². The van der Waals surface area contributed by atoms with Crippen molar-refractivity contribution in [1.82, 2.24) is 0 Å². The molecular weight excluding hydrogens is 272 g/mol. The van der Waals surface area contributed by atoms with Crippen LogP contribution in [0.1, 0.15) is 96.3 Å². The highest BCUT2D eigenvalue weighted by Gasteiger charge is 2.43. The molecule has 2 N–H and O–H groups in total. The van der Waals surface area contributed by atoms with E-state index in [0.29, 0.717) is 18.4 Å². The SMILES string of the molecule is OCC1CCCCCCCC1(CO)C1CCCCCCCC1. The quantitative estimate of drug-likeness (QED) is 0.764. The number of aliphatic hydroxyl groups excluding tert-OH is 2. The van der Waals surface area contributed by atoms with Crippen molar-refractivity contribution in [1.29, 1.82) is 0 Å². The molecule has 2 aliphatic carbocycles. The Morgan fingerprint density at radius 2 is 1.14 bits per heavy atom. The van der Waals surface area contributed by atoms with Gasteiger partial charge in [0.1, 0.15) is 0 Å². The van der Waals surface area contributed by atoms with E-state index in [1.807, 2.05) is 0 Å². The average Bonchev–Trinajstić information content (AvgIpc) is 2.75. The molecular formula is C20H38O2. The third-order valence-electron chi connectivity index (χ3n) is 6.69. The van der Waals surface area contributed by atoms with Crippen LogP contribution in [0, 0.1) is 17.3 Å². The molecule has 0 aromatic rings. The lowest BCUT2D eigenvalue weighted by molar-refractivity contribution is -0.0410. The first-order valence-electron chi connectivity index (χ1n) is 10.0. The van der Waals surface area contributed by atoms with Crippen LogP contribution in [0.25, 0.3) is 0 Å². The largest absolute Gasteiger partial charge is 0.396 e. The highest BCUT2D eigenvalue weighted by Crippen LogP contribution is 2.48. The minimum Gasteiger partial charge on any atom is -0.396 e.